The van der Waals surface area contributed by atoms with Crippen LogP contribution in [0.2, 0.25) is 5.15 Å². The summed E-state index contributed by atoms with van der Waals surface area (Å²) in [6.45, 7) is 1.36. The number of piperidine rings is 1. The lowest BCUT2D eigenvalue weighted by molar-refractivity contribution is -0.206. The van der Waals surface area contributed by atoms with E-state index in [4.69, 9.17) is 16.7 Å². The number of fused-ring (bicyclic) bond motifs is 1. The number of halogens is 4. The Bertz CT molecular complexity index is 991. The molecule has 9 nitrogen and oxygen atoms in total. The molecular formula is C15H20ClF3N6O3S. The molecule has 3 rings (SSSR count). The van der Waals surface area contributed by atoms with Gasteiger partial charge in [0.1, 0.15) is 17.0 Å². The van der Waals surface area contributed by atoms with Gasteiger partial charge >= 0.3 is 6.18 Å². The SMILES string of the molecule is Cc1cc(Cl)n2ncnc(N3CCC(N(CC(O)C(F)(F)F)S(N)(=O)=O)CC3)c12. The van der Waals surface area contributed by atoms with E-state index in [0.717, 1.165) is 5.56 Å². The van der Waals surface area contributed by atoms with Gasteiger partial charge in [-0.3, -0.25) is 0 Å². The molecule has 0 amide bonds. The van der Waals surface area contributed by atoms with Gasteiger partial charge in [-0.25, -0.2) is 14.6 Å². The number of nitrogens with zero attached hydrogens (tertiary/aromatic N) is 5. The van der Waals surface area contributed by atoms with Crippen molar-refractivity contribution in [1.29, 1.82) is 0 Å². The highest BCUT2D eigenvalue weighted by molar-refractivity contribution is 7.86. The molecule has 3 N–H and O–H groups in total. The Morgan fingerprint density at radius 1 is 1.41 bits per heavy atom. The minimum Gasteiger partial charge on any atom is -0.382 e. The third kappa shape index (κ3) is 4.58. The Morgan fingerprint density at radius 3 is 2.59 bits per heavy atom. The third-order valence-electron chi connectivity index (χ3n) is 4.91. The number of alkyl halides is 3. The van der Waals surface area contributed by atoms with Crippen molar-refractivity contribution in [2.45, 2.75) is 38.1 Å². The lowest BCUT2D eigenvalue weighted by Gasteiger charge is -2.38. The van der Waals surface area contributed by atoms with Crippen LogP contribution in [0.25, 0.3) is 5.52 Å². The van der Waals surface area contributed by atoms with E-state index in [9.17, 15) is 26.7 Å². The first-order chi connectivity index (χ1) is 13.4. The van der Waals surface area contributed by atoms with Crippen molar-refractivity contribution in [2.24, 2.45) is 5.14 Å². The summed E-state index contributed by atoms with van der Waals surface area (Å²) in [5.41, 5.74) is 1.55. The first-order valence-corrected chi connectivity index (χ1v) is 10.6. The quantitative estimate of drug-likeness (QED) is 0.695. The summed E-state index contributed by atoms with van der Waals surface area (Å²) in [4.78, 5) is 6.18. The Labute approximate surface area is 170 Å². The summed E-state index contributed by atoms with van der Waals surface area (Å²) < 4.78 is 63.8. The maximum absolute atomic E-state index is 12.7. The minimum absolute atomic E-state index is 0.213. The van der Waals surface area contributed by atoms with Crippen molar-refractivity contribution in [3.63, 3.8) is 0 Å². The Hall–Kier alpha value is -1.67. The molecule has 1 fully saturated rings. The molecular weight excluding hydrogens is 437 g/mol. The molecule has 2 aromatic heterocycles. The van der Waals surface area contributed by atoms with Crippen molar-refractivity contribution in [3.05, 3.63) is 23.1 Å². The van der Waals surface area contributed by atoms with Gasteiger partial charge in [-0.2, -0.15) is 31.0 Å². The van der Waals surface area contributed by atoms with Crippen LogP contribution in [0.5, 0.6) is 0 Å². The van der Waals surface area contributed by atoms with E-state index in [0.29, 0.717) is 33.9 Å². The zero-order valence-electron chi connectivity index (χ0n) is 15.3. The average molecular weight is 457 g/mol. The molecule has 29 heavy (non-hydrogen) atoms. The van der Waals surface area contributed by atoms with Crippen LogP contribution in [0, 0.1) is 6.92 Å². The molecule has 1 aliphatic rings. The van der Waals surface area contributed by atoms with Gasteiger partial charge in [0.25, 0.3) is 10.2 Å². The van der Waals surface area contributed by atoms with Crippen LogP contribution >= 0.6 is 11.6 Å². The highest BCUT2D eigenvalue weighted by Crippen LogP contribution is 2.30. The van der Waals surface area contributed by atoms with Crippen LogP contribution in [0.3, 0.4) is 0 Å². The van der Waals surface area contributed by atoms with Crippen LogP contribution < -0.4 is 10.0 Å². The number of anilines is 1. The highest BCUT2D eigenvalue weighted by Gasteiger charge is 2.43. The van der Waals surface area contributed by atoms with Crippen LogP contribution in [-0.4, -0.2) is 70.4 Å². The zero-order valence-corrected chi connectivity index (χ0v) is 16.9. The van der Waals surface area contributed by atoms with Crippen molar-refractivity contribution in [3.8, 4) is 0 Å². The second kappa shape index (κ2) is 7.87. The zero-order chi connectivity index (χ0) is 21.6. The third-order valence-corrected chi connectivity index (χ3v) is 6.28. The van der Waals surface area contributed by atoms with Crippen molar-refractivity contribution < 1.29 is 26.7 Å². The Kier molecular flexibility index (Phi) is 5.98. The lowest BCUT2D eigenvalue weighted by atomic mass is 10.0. The second-order valence-electron chi connectivity index (χ2n) is 6.88. The number of aliphatic hydroxyl groups excluding tert-OH is 1. The fourth-order valence-electron chi connectivity index (χ4n) is 3.49. The van der Waals surface area contributed by atoms with E-state index >= 15 is 0 Å². The number of rotatable bonds is 5. The molecule has 14 heteroatoms. The Balaban J connectivity index is 1.79. The number of hydrogen-bond donors (Lipinski definition) is 2. The van der Waals surface area contributed by atoms with Crippen LogP contribution in [-0.2, 0) is 10.2 Å². The van der Waals surface area contributed by atoms with Gasteiger partial charge < -0.3 is 10.0 Å². The van der Waals surface area contributed by atoms with Crippen LogP contribution in [0.15, 0.2) is 12.4 Å². The van der Waals surface area contributed by atoms with E-state index in [-0.39, 0.29) is 12.8 Å². The Morgan fingerprint density at radius 2 is 2.03 bits per heavy atom. The topological polar surface area (TPSA) is 117 Å². The summed E-state index contributed by atoms with van der Waals surface area (Å²) in [6, 6.07) is 0.968. The smallest absolute Gasteiger partial charge is 0.382 e. The summed E-state index contributed by atoms with van der Waals surface area (Å²) in [6.07, 6.45) is -5.99. The maximum atomic E-state index is 12.7. The molecule has 162 valence electrons. The van der Waals surface area contributed by atoms with E-state index in [2.05, 4.69) is 10.1 Å². The molecule has 0 radical (unpaired) electrons. The number of aryl methyl sites for hydroxylation is 1. The van der Waals surface area contributed by atoms with Crippen molar-refractivity contribution in [1.82, 2.24) is 18.9 Å². The molecule has 1 saturated heterocycles. The number of aliphatic hydroxyl groups is 1. The summed E-state index contributed by atoms with van der Waals surface area (Å²) in [7, 11) is -4.43. The van der Waals surface area contributed by atoms with Gasteiger partial charge in [-0.15, -0.1) is 0 Å². The number of nitrogens with two attached hydrogens (primary N) is 1. The van der Waals surface area contributed by atoms with Crippen LogP contribution in [0.1, 0.15) is 18.4 Å². The number of aromatic nitrogens is 3. The van der Waals surface area contributed by atoms with Gasteiger partial charge in [0.15, 0.2) is 11.9 Å². The second-order valence-corrected chi connectivity index (χ2v) is 8.77. The predicted octanol–water partition coefficient (Wildman–Crippen LogP) is 1.09. The molecule has 0 bridgehead atoms. The lowest BCUT2D eigenvalue weighted by Crippen LogP contribution is -2.53. The summed E-state index contributed by atoms with van der Waals surface area (Å²) >= 11 is 6.14. The fraction of sp³-hybridized carbons (Fsp3) is 0.600. The molecule has 3 heterocycles. The molecule has 1 aliphatic heterocycles. The molecule has 1 unspecified atom stereocenters. The van der Waals surface area contributed by atoms with Crippen molar-refractivity contribution in [2.75, 3.05) is 24.5 Å². The number of hydrogen-bond acceptors (Lipinski definition) is 6. The normalized spacial score (nSPS) is 18.0. The first kappa shape index (κ1) is 22.0. The largest absolute Gasteiger partial charge is 0.415 e. The summed E-state index contributed by atoms with van der Waals surface area (Å²) in [5, 5.41) is 18.9. The maximum Gasteiger partial charge on any atom is 0.415 e. The first-order valence-electron chi connectivity index (χ1n) is 8.67. The summed E-state index contributed by atoms with van der Waals surface area (Å²) in [5.74, 6) is 0.598. The van der Waals surface area contributed by atoms with E-state index < -0.39 is 35.1 Å². The molecule has 1 atom stereocenters. The van der Waals surface area contributed by atoms with Crippen molar-refractivity contribution >= 4 is 33.1 Å². The molecule has 0 saturated carbocycles. The van der Waals surface area contributed by atoms with Crippen LogP contribution in [0.4, 0.5) is 19.0 Å². The van der Waals surface area contributed by atoms with Gasteiger partial charge in [0.2, 0.25) is 0 Å². The van der Waals surface area contributed by atoms with Gasteiger partial charge in [-0.1, -0.05) is 11.6 Å². The molecule has 0 aliphatic carbocycles. The van der Waals surface area contributed by atoms with Gasteiger partial charge in [0.05, 0.1) is 6.54 Å². The van der Waals surface area contributed by atoms with E-state index in [1.807, 2.05) is 11.8 Å². The minimum atomic E-state index is -4.94. The standard InChI is InChI=1S/C15H20ClF3N6O3S/c1-9-6-12(16)25-13(9)14(21-8-22-25)23-4-2-10(3-5-23)24(29(20,27)28)7-11(26)15(17,18)19/h6,8,10-11,26H,2-5,7H2,1H3,(H2,20,27,28). The predicted molar refractivity (Wildman–Crippen MR) is 99.8 cm³/mol. The molecule has 0 aromatic carbocycles. The highest BCUT2D eigenvalue weighted by atomic mass is 35.5. The van der Waals surface area contributed by atoms with E-state index in [1.54, 1.807) is 6.07 Å². The average Bonchev–Trinajstić information content (AvgIpc) is 2.92. The van der Waals surface area contributed by atoms with E-state index in [1.165, 1.54) is 10.8 Å². The monoisotopic (exact) mass is 456 g/mol. The van der Waals surface area contributed by atoms with Gasteiger partial charge in [-0.05, 0) is 31.4 Å². The fourth-order valence-corrected chi connectivity index (χ4v) is 4.76. The molecule has 0 spiro atoms. The van der Waals surface area contributed by atoms with Gasteiger partial charge in [0, 0.05) is 19.1 Å². The molecule has 2 aromatic rings.